The van der Waals surface area contributed by atoms with Gasteiger partial charge >= 0.3 is 5.97 Å². The normalized spacial score (nSPS) is 16.3. The Bertz CT molecular complexity index is 538. The molecule has 0 spiro atoms. The zero-order valence-corrected chi connectivity index (χ0v) is 12.0. The van der Waals surface area contributed by atoms with E-state index in [-0.39, 0.29) is 17.2 Å². The van der Waals surface area contributed by atoms with Gasteiger partial charge in [-0.15, -0.1) is 0 Å². The molecule has 3 N–H and O–H groups in total. The van der Waals surface area contributed by atoms with Crippen molar-refractivity contribution >= 4 is 17.6 Å². The third-order valence-corrected chi connectivity index (χ3v) is 3.58. The number of ether oxygens (including phenoxy) is 1. The number of nitrogens with zero attached hydrogens (tertiary/aromatic N) is 1. The van der Waals surface area contributed by atoms with Gasteiger partial charge in [-0.2, -0.15) is 0 Å². The van der Waals surface area contributed by atoms with Gasteiger partial charge in [-0.3, -0.25) is 4.79 Å². The number of anilines is 1. The standard InChI is InChI=1S/C15H20N2O4/c1-10(14(18)17-7-3-2-4-8-17)21-13-9-11(15(19)20)5-6-12(13)16/h5-6,9-10H,2-4,7-8,16H2,1H3,(H,19,20). The highest BCUT2D eigenvalue weighted by molar-refractivity contribution is 5.89. The van der Waals surface area contributed by atoms with E-state index in [0.717, 1.165) is 32.4 Å². The van der Waals surface area contributed by atoms with Crippen molar-refractivity contribution in [2.75, 3.05) is 18.8 Å². The predicted octanol–water partition coefficient (Wildman–Crippen LogP) is 1.75. The second-order valence-corrected chi connectivity index (χ2v) is 5.20. The number of carboxylic acids is 1. The molecule has 1 aliphatic heterocycles. The number of carbonyl (C=O) groups is 2. The van der Waals surface area contributed by atoms with Crippen molar-refractivity contribution in [3.8, 4) is 5.75 Å². The van der Waals surface area contributed by atoms with Crippen LogP contribution in [0.4, 0.5) is 5.69 Å². The van der Waals surface area contributed by atoms with E-state index in [9.17, 15) is 9.59 Å². The molecule has 1 heterocycles. The molecule has 1 unspecified atom stereocenters. The SMILES string of the molecule is CC(Oc1cc(C(=O)O)ccc1N)C(=O)N1CCCCC1. The summed E-state index contributed by atoms with van der Waals surface area (Å²) >= 11 is 0. The van der Waals surface area contributed by atoms with Gasteiger partial charge in [-0.25, -0.2) is 4.79 Å². The lowest BCUT2D eigenvalue weighted by Gasteiger charge is -2.29. The largest absolute Gasteiger partial charge is 0.479 e. The van der Waals surface area contributed by atoms with E-state index in [4.69, 9.17) is 15.6 Å². The molecule has 1 aromatic rings. The van der Waals surface area contributed by atoms with Crippen LogP contribution in [0.3, 0.4) is 0 Å². The summed E-state index contributed by atoms with van der Waals surface area (Å²) < 4.78 is 5.57. The first-order valence-corrected chi connectivity index (χ1v) is 7.07. The number of piperidine rings is 1. The molecule has 1 amide bonds. The van der Waals surface area contributed by atoms with Gasteiger partial charge in [0, 0.05) is 13.1 Å². The lowest BCUT2D eigenvalue weighted by atomic mass is 10.1. The summed E-state index contributed by atoms with van der Waals surface area (Å²) in [6, 6.07) is 4.22. The Hall–Kier alpha value is -2.24. The minimum atomic E-state index is -1.06. The van der Waals surface area contributed by atoms with E-state index in [2.05, 4.69) is 0 Å². The molecule has 6 nitrogen and oxygen atoms in total. The molecule has 0 aliphatic carbocycles. The van der Waals surface area contributed by atoms with Gasteiger partial charge in [0.15, 0.2) is 6.10 Å². The predicted molar refractivity (Wildman–Crippen MR) is 78.3 cm³/mol. The summed E-state index contributed by atoms with van der Waals surface area (Å²) in [4.78, 5) is 25.0. The molecular formula is C15H20N2O4. The average Bonchev–Trinajstić information content (AvgIpc) is 2.49. The van der Waals surface area contributed by atoms with Gasteiger partial charge in [-0.1, -0.05) is 0 Å². The van der Waals surface area contributed by atoms with Crippen LogP contribution in [-0.2, 0) is 4.79 Å². The first-order chi connectivity index (χ1) is 9.99. The van der Waals surface area contributed by atoms with Crippen molar-refractivity contribution < 1.29 is 19.4 Å². The summed E-state index contributed by atoms with van der Waals surface area (Å²) in [7, 11) is 0. The molecule has 114 valence electrons. The number of hydrogen-bond acceptors (Lipinski definition) is 4. The number of nitrogens with two attached hydrogens (primary N) is 1. The summed E-state index contributed by atoms with van der Waals surface area (Å²) in [5, 5.41) is 8.98. The molecular weight excluding hydrogens is 272 g/mol. The third kappa shape index (κ3) is 3.65. The van der Waals surface area contributed by atoms with Crippen LogP contribution in [0.2, 0.25) is 0 Å². The lowest BCUT2D eigenvalue weighted by Crippen LogP contribution is -2.43. The van der Waals surface area contributed by atoms with Gasteiger partial charge < -0.3 is 20.5 Å². The fourth-order valence-corrected chi connectivity index (χ4v) is 2.38. The number of hydrogen-bond donors (Lipinski definition) is 2. The van der Waals surface area contributed by atoms with Crippen molar-refractivity contribution in [1.82, 2.24) is 4.90 Å². The first-order valence-electron chi connectivity index (χ1n) is 7.07. The Labute approximate surface area is 123 Å². The number of rotatable bonds is 4. The van der Waals surface area contributed by atoms with Gasteiger partial charge in [0.25, 0.3) is 5.91 Å². The maximum absolute atomic E-state index is 12.3. The van der Waals surface area contributed by atoms with Crippen LogP contribution < -0.4 is 10.5 Å². The number of nitrogen functional groups attached to an aromatic ring is 1. The third-order valence-electron chi connectivity index (χ3n) is 3.58. The molecule has 0 bridgehead atoms. The Morgan fingerprint density at radius 2 is 1.95 bits per heavy atom. The number of benzene rings is 1. The monoisotopic (exact) mass is 292 g/mol. The van der Waals surface area contributed by atoms with Crippen LogP contribution >= 0.6 is 0 Å². The highest BCUT2D eigenvalue weighted by atomic mass is 16.5. The van der Waals surface area contributed by atoms with E-state index in [0.29, 0.717) is 5.69 Å². The Balaban J connectivity index is 2.07. The van der Waals surface area contributed by atoms with Crippen molar-refractivity contribution in [1.29, 1.82) is 0 Å². The molecule has 1 atom stereocenters. The summed E-state index contributed by atoms with van der Waals surface area (Å²) in [6.45, 7) is 3.15. The average molecular weight is 292 g/mol. The van der Waals surface area contributed by atoms with Crippen molar-refractivity contribution in [3.63, 3.8) is 0 Å². The lowest BCUT2D eigenvalue weighted by molar-refractivity contribution is -0.138. The van der Waals surface area contributed by atoms with Gasteiger partial charge in [-0.05, 0) is 44.4 Å². The molecule has 1 aromatic carbocycles. The quantitative estimate of drug-likeness (QED) is 0.825. The van der Waals surface area contributed by atoms with E-state index in [1.807, 2.05) is 0 Å². The molecule has 2 rings (SSSR count). The Morgan fingerprint density at radius 3 is 2.57 bits per heavy atom. The van der Waals surface area contributed by atoms with Crippen LogP contribution in [0.5, 0.6) is 5.75 Å². The second kappa shape index (κ2) is 6.47. The number of carboxylic acid groups (broad SMARTS) is 1. The van der Waals surface area contributed by atoms with Gasteiger partial charge in [0.1, 0.15) is 5.75 Å². The fraction of sp³-hybridized carbons (Fsp3) is 0.467. The van der Waals surface area contributed by atoms with Crippen LogP contribution in [0.15, 0.2) is 18.2 Å². The van der Waals surface area contributed by atoms with Crippen LogP contribution in [-0.4, -0.2) is 41.1 Å². The van der Waals surface area contributed by atoms with Gasteiger partial charge in [0.2, 0.25) is 0 Å². The van der Waals surface area contributed by atoms with E-state index in [1.165, 1.54) is 18.2 Å². The first kappa shape index (κ1) is 15.2. The van der Waals surface area contributed by atoms with E-state index >= 15 is 0 Å². The summed E-state index contributed by atoms with van der Waals surface area (Å²) in [5.41, 5.74) is 6.17. The molecule has 0 radical (unpaired) electrons. The molecule has 1 saturated heterocycles. The van der Waals surface area contributed by atoms with Crippen LogP contribution in [0.25, 0.3) is 0 Å². The minimum Gasteiger partial charge on any atom is -0.479 e. The molecule has 0 saturated carbocycles. The smallest absolute Gasteiger partial charge is 0.335 e. The molecule has 6 heteroatoms. The number of aromatic carboxylic acids is 1. The molecule has 21 heavy (non-hydrogen) atoms. The zero-order valence-electron chi connectivity index (χ0n) is 12.0. The van der Waals surface area contributed by atoms with Gasteiger partial charge in [0.05, 0.1) is 11.3 Å². The van der Waals surface area contributed by atoms with Crippen molar-refractivity contribution in [3.05, 3.63) is 23.8 Å². The topological polar surface area (TPSA) is 92.9 Å². The number of amides is 1. The highest BCUT2D eigenvalue weighted by Gasteiger charge is 2.24. The molecule has 0 aromatic heterocycles. The number of likely N-dealkylation sites (tertiary alicyclic amines) is 1. The maximum Gasteiger partial charge on any atom is 0.335 e. The number of carbonyl (C=O) groups excluding carboxylic acids is 1. The highest BCUT2D eigenvalue weighted by Crippen LogP contribution is 2.24. The molecule has 1 fully saturated rings. The van der Waals surface area contributed by atoms with Crippen molar-refractivity contribution in [2.24, 2.45) is 0 Å². The zero-order chi connectivity index (χ0) is 15.4. The Morgan fingerprint density at radius 1 is 1.29 bits per heavy atom. The van der Waals surface area contributed by atoms with Crippen LogP contribution in [0.1, 0.15) is 36.5 Å². The second-order valence-electron chi connectivity index (χ2n) is 5.20. The Kier molecular flexibility index (Phi) is 4.67. The fourth-order valence-electron chi connectivity index (χ4n) is 2.38. The molecule has 1 aliphatic rings. The van der Waals surface area contributed by atoms with E-state index in [1.54, 1.807) is 11.8 Å². The van der Waals surface area contributed by atoms with Crippen LogP contribution in [0, 0.1) is 0 Å². The maximum atomic E-state index is 12.3. The summed E-state index contributed by atoms with van der Waals surface area (Å²) in [6.07, 6.45) is 2.48. The summed E-state index contributed by atoms with van der Waals surface area (Å²) in [5.74, 6) is -0.919. The minimum absolute atomic E-state index is 0.0804. The van der Waals surface area contributed by atoms with Crippen molar-refractivity contribution in [2.45, 2.75) is 32.3 Å². The van der Waals surface area contributed by atoms with E-state index < -0.39 is 12.1 Å².